The lowest BCUT2D eigenvalue weighted by Crippen LogP contribution is -2.57. The highest BCUT2D eigenvalue weighted by Crippen LogP contribution is 2.43. The van der Waals surface area contributed by atoms with E-state index in [2.05, 4.69) is 40.5 Å². The van der Waals surface area contributed by atoms with Gasteiger partial charge in [0, 0.05) is 50.1 Å². The van der Waals surface area contributed by atoms with E-state index < -0.39 is 0 Å². The number of nitrogens with one attached hydrogen (secondary N) is 1. The van der Waals surface area contributed by atoms with E-state index in [1.54, 1.807) is 0 Å². The number of aryl methyl sites for hydroxylation is 2. The van der Waals surface area contributed by atoms with Crippen LogP contribution in [0.4, 0.5) is 5.82 Å². The standard InChI is InChI=1S/C21H32N6/c1-5-17-12-22-16(4)25-20(17)26-10-7-21(8-11-26)19-18(23-14-24-19)6-9-27(21)13-15(2)3/h12,14-15H,5-11,13H2,1-4H3,(H,23,24). The number of hydrogen-bond donors (Lipinski definition) is 1. The first-order chi connectivity index (χ1) is 13.0. The number of H-pyrrole nitrogens is 1. The summed E-state index contributed by atoms with van der Waals surface area (Å²) in [4.78, 5) is 22.6. The van der Waals surface area contributed by atoms with E-state index in [4.69, 9.17) is 9.97 Å². The number of piperidine rings is 1. The summed E-state index contributed by atoms with van der Waals surface area (Å²) in [6, 6.07) is 0. The van der Waals surface area contributed by atoms with Crippen LogP contribution in [0.2, 0.25) is 0 Å². The molecule has 2 aromatic heterocycles. The van der Waals surface area contributed by atoms with Gasteiger partial charge in [0.15, 0.2) is 0 Å². The lowest BCUT2D eigenvalue weighted by Gasteiger charge is -2.51. The summed E-state index contributed by atoms with van der Waals surface area (Å²) in [5, 5.41) is 0. The Hall–Kier alpha value is -1.95. The molecule has 0 amide bonds. The molecule has 0 saturated carbocycles. The van der Waals surface area contributed by atoms with Gasteiger partial charge in [0.25, 0.3) is 0 Å². The predicted molar refractivity (Wildman–Crippen MR) is 108 cm³/mol. The number of anilines is 1. The molecule has 2 aliphatic rings. The second-order valence-corrected chi connectivity index (χ2v) is 8.46. The minimum Gasteiger partial charge on any atom is -0.356 e. The maximum atomic E-state index is 4.80. The highest BCUT2D eigenvalue weighted by atomic mass is 15.3. The zero-order valence-electron chi connectivity index (χ0n) is 17.1. The molecule has 2 aliphatic heterocycles. The van der Waals surface area contributed by atoms with Gasteiger partial charge in [-0.15, -0.1) is 0 Å². The predicted octanol–water partition coefficient (Wildman–Crippen LogP) is 3.08. The fourth-order valence-corrected chi connectivity index (χ4v) is 4.88. The fraction of sp³-hybridized carbons (Fsp3) is 0.667. The van der Waals surface area contributed by atoms with Crippen LogP contribution in [0.3, 0.4) is 0 Å². The molecule has 0 aliphatic carbocycles. The molecular formula is C21H32N6. The van der Waals surface area contributed by atoms with E-state index in [0.717, 1.165) is 63.5 Å². The van der Waals surface area contributed by atoms with Gasteiger partial charge < -0.3 is 9.88 Å². The topological polar surface area (TPSA) is 60.9 Å². The van der Waals surface area contributed by atoms with Gasteiger partial charge in [-0.05, 0) is 32.1 Å². The smallest absolute Gasteiger partial charge is 0.135 e. The maximum absolute atomic E-state index is 4.80. The average Bonchev–Trinajstić information content (AvgIpc) is 3.14. The molecule has 1 fully saturated rings. The van der Waals surface area contributed by atoms with Crippen LogP contribution in [0.1, 0.15) is 56.4 Å². The molecule has 1 N–H and O–H groups in total. The number of hydrogen-bond acceptors (Lipinski definition) is 5. The minimum atomic E-state index is 0.0722. The number of aromatic nitrogens is 4. The molecule has 0 aromatic carbocycles. The Kier molecular flexibility index (Phi) is 4.93. The second-order valence-electron chi connectivity index (χ2n) is 8.46. The normalized spacial score (nSPS) is 19.7. The summed E-state index contributed by atoms with van der Waals surface area (Å²) >= 11 is 0. The Morgan fingerprint density at radius 1 is 1.19 bits per heavy atom. The van der Waals surface area contributed by atoms with Gasteiger partial charge in [-0.25, -0.2) is 15.0 Å². The van der Waals surface area contributed by atoms with Crippen LogP contribution >= 0.6 is 0 Å². The zero-order valence-corrected chi connectivity index (χ0v) is 17.1. The van der Waals surface area contributed by atoms with Crippen molar-refractivity contribution in [3.63, 3.8) is 0 Å². The summed E-state index contributed by atoms with van der Waals surface area (Å²) in [5.41, 5.74) is 3.96. The molecular weight excluding hydrogens is 336 g/mol. The largest absolute Gasteiger partial charge is 0.356 e. The van der Waals surface area contributed by atoms with Gasteiger partial charge in [-0.3, -0.25) is 4.90 Å². The lowest BCUT2D eigenvalue weighted by molar-refractivity contribution is 0.0341. The number of aromatic amines is 1. The van der Waals surface area contributed by atoms with E-state index >= 15 is 0 Å². The first kappa shape index (κ1) is 18.4. The monoisotopic (exact) mass is 368 g/mol. The van der Waals surface area contributed by atoms with Crippen LogP contribution in [0, 0.1) is 12.8 Å². The van der Waals surface area contributed by atoms with E-state index in [0.29, 0.717) is 5.92 Å². The molecule has 4 heterocycles. The van der Waals surface area contributed by atoms with E-state index in [-0.39, 0.29) is 5.54 Å². The third-order valence-electron chi connectivity index (χ3n) is 6.21. The van der Waals surface area contributed by atoms with Gasteiger partial charge in [0.2, 0.25) is 0 Å². The quantitative estimate of drug-likeness (QED) is 0.899. The number of rotatable bonds is 4. The Morgan fingerprint density at radius 3 is 2.67 bits per heavy atom. The molecule has 1 saturated heterocycles. The van der Waals surface area contributed by atoms with Crippen LogP contribution in [-0.2, 0) is 18.4 Å². The lowest BCUT2D eigenvalue weighted by atomic mass is 9.78. The molecule has 0 radical (unpaired) electrons. The van der Waals surface area contributed by atoms with Gasteiger partial charge in [0.1, 0.15) is 11.6 Å². The summed E-state index contributed by atoms with van der Waals surface area (Å²) in [7, 11) is 0. The number of fused-ring (bicyclic) bond motifs is 2. The van der Waals surface area contributed by atoms with Crippen molar-refractivity contribution in [1.29, 1.82) is 0 Å². The van der Waals surface area contributed by atoms with Crippen molar-refractivity contribution < 1.29 is 0 Å². The second kappa shape index (κ2) is 7.23. The Balaban J connectivity index is 1.62. The highest BCUT2D eigenvalue weighted by molar-refractivity contribution is 5.47. The van der Waals surface area contributed by atoms with Crippen molar-refractivity contribution in [2.75, 3.05) is 31.1 Å². The SMILES string of the molecule is CCc1cnc(C)nc1N1CCC2(CC1)c1nc[nH]c1CCN2CC(C)C. The molecule has 27 heavy (non-hydrogen) atoms. The molecule has 6 nitrogen and oxygen atoms in total. The van der Waals surface area contributed by atoms with Crippen LogP contribution in [-0.4, -0.2) is 51.0 Å². The van der Waals surface area contributed by atoms with Crippen molar-refractivity contribution in [3.05, 3.63) is 35.3 Å². The van der Waals surface area contributed by atoms with Crippen molar-refractivity contribution in [2.45, 2.75) is 58.9 Å². The first-order valence-corrected chi connectivity index (χ1v) is 10.4. The third kappa shape index (κ3) is 3.24. The Morgan fingerprint density at radius 2 is 1.96 bits per heavy atom. The van der Waals surface area contributed by atoms with Crippen molar-refractivity contribution in [1.82, 2.24) is 24.8 Å². The van der Waals surface area contributed by atoms with Gasteiger partial charge >= 0.3 is 0 Å². The molecule has 0 bridgehead atoms. The number of nitrogens with zero attached hydrogens (tertiary/aromatic N) is 5. The average molecular weight is 369 g/mol. The van der Waals surface area contributed by atoms with Crippen LogP contribution in [0.25, 0.3) is 0 Å². The van der Waals surface area contributed by atoms with E-state index in [9.17, 15) is 0 Å². The minimum absolute atomic E-state index is 0.0722. The molecule has 6 heteroatoms. The van der Waals surface area contributed by atoms with Gasteiger partial charge in [0.05, 0.1) is 17.6 Å². The van der Waals surface area contributed by atoms with Crippen LogP contribution < -0.4 is 4.90 Å². The molecule has 0 unspecified atom stereocenters. The molecule has 1 spiro atoms. The first-order valence-electron chi connectivity index (χ1n) is 10.4. The third-order valence-corrected chi connectivity index (χ3v) is 6.21. The molecule has 2 aromatic rings. The van der Waals surface area contributed by atoms with Crippen molar-refractivity contribution in [2.24, 2.45) is 5.92 Å². The fourth-order valence-electron chi connectivity index (χ4n) is 4.88. The molecule has 146 valence electrons. The van der Waals surface area contributed by atoms with Crippen LogP contribution in [0.15, 0.2) is 12.5 Å². The Labute approximate surface area is 162 Å². The summed E-state index contributed by atoms with van der Waals surface area (Å²) in [6.07, 6.45) is 8.15. The Bertz CT molecular complexity index is 788. The highest BCUT2D eigenvalue weighted by Gasteiger charge is 2.46. The van der Waals surface area contributed by atoms with E-state index in [1.807, 2.05) is 19.4 Å². The van der Waals surface area contributed by atoms with E-state index in [1.165, 1.54) is 17.0 Å². The summed E-state index contributed by atoms with van der Waals surface area (Å²) in [5.74, 6) is 2.65. The van der Waals surface area contributed by atoms with Gasteiger partial charge in [-0.1, -0.05) is 20.8 Å². The van der Waals surface area contributed by atoms with Crippen LogP contribution in [0.5, 0.6) is 0 Å². The van der Waals surface area contributed by atoms with Gasteiger partial charge in [-0.2, -0.15) is 0 Å². The maximum Gasteiger partial charge on any atom is 0.135 e. The van der Waals surface area contributed by atoms with Crippen molar-refractivity contribution in [3.8, 4) is 0 Å². The zero-order chi connectivity index (χ0) is 19.0. The summed E-state index contributed by atoms with van der Waals surface area (Å²) < 4.78 is 0. The molecule has 4 rings (SSSR count). The molecule has 0 atom stereocenters. The van der Waals surface area contributed by atoms with Crippen molar-refractivity contribution >= 4 is 5.82 Å². The number of imidazole rings is 1. The summed E-state index contributed by atoms with van der Waals surface area (Å²) in [6.45, 7) is 13.1.